The Morgan fingerprint density at radius 1 is 1.15 bits per heavy atom. The van der Waals surface area contributed by atoms with Crippen LogP contribution in [0.15, 0.2) is 36.5 Å². The average Bonchev–Trinajstić information content (AvgIpc) is 3.35. The fraction of sp³-hybridized carbons (Fsp3) is 0.590. The predicted molar refractivity (Wildman–Crippen MR) is 195 cm³/mol. The number of carbonyl (C=O) groups is 3. The molecular weight excluding hydrogens is 705 g/mol. The number of alkyl carbamates (subject to hydrolysis) is 1. The van der Waals surface area contributed by atoms with E-state index in [1.54, 1.807) is 45.2 Å². The minimum absolute atomic E-state index is 0.0294. The maximum atomic E-state index is 14.4. The van der Waals surface area contributed by atoms with E-state index in [1.807, 2.05) is 37.8 Å². The van der Waals surface area contributed by atoms with Gasteiger partial charge in [0.1, 0.15) is 24.2 Å². The molecule has 6 heterocycles. The molecule has 6 bridgehead atoms. The third kappa shape index (κ3) is 8.84. The summed E-state index contributed by atoms with van der Waals surface area (Å²) >= 11 is 0. The van der Waals surface area contributed by atoms with Crippen molar-refractivity contribution in [1.82, 2.24) is 30.2 Å². The van der Waals surface area contributed by atoms with Gasteiger partial charge in [0, 0.05) is 67.3 Å². The first-order chi connectivity index (χ1) is 25.3. The molecule has 294 valence electrons. The minimum Gasteiger partial charge on any atom is -0.464 e. The summed E-state index contributed by atoms with van der Waals surface area (Å²) in [5, 5.41) is 4.80. The van der Waals surface area contributed by atoms with E-state index in [0.29, 0.717) is 65.9 Å². The number of benzene rings is 1. The highest BCUT2D eigenvalue weighted by atomic mass is 19.4. The normalized spacial score (nSPS) is 24.3. The molecule has 0 spiro atoms. The largest absolute Gasteiger partial charge is 0.464 e. The van der Waals surface area contributed by atoms with Crippen molar-refractivity contribution in [3.63, 3.8) is 0 Å². The van der Waals surface area contributed by atoms with Gasteiger partial charge in [-0.05, 0) is 82.3 Å². The van der Waals surface area contributed by atoms with Gasteiger partial charge in [0.2, 0.25) is 0 Å². The summed E-state index contributed by atoms with van der Waals surface area (Å²) in [4.78, 5) is 47.0. The number of aromatic nitrogens is 2. The maximum absolute atomic E-state index is 14.4. The Morgan fingerprint density at radius 2 is 1.89 bits per heavy atom. The number of fused-ring (bicyclic) bond motifs is 6. The second kappa shape index (κ2) is 15.1. The van der Waals surface area contributed by atoms with Crippen LogP contribution in [0.4, 0.5) is 18.0 Å². The molecule has 0 unspecified atom stereocenters. The van der Waals surface area contributed by atoms with Gasteiger partial charge in [0.15, 0.2) is 0 Å². The summed E-state index contributed by atoms with van der Waals surface area (Å²) < 4.78 is 61.7. The van der Waals surface area contributed by atoms with Gasteiger partial charge in [-0.1, -0.05) is 19.9 Å². The highest BCUT2D eigenvalue weighted by Crippen LogP contribution is 2.43. The Balaban J connectivity index is 1.46. The number of esters is 1. The zero-order valence-corrected chi connectivity index (χ0v) is 32.0. The zero-order chi connectivity index (χ0) is 39.2. The number of rotatable bonds is 5. The van der Waals surface area contributed by atoms with Crippen molar-refractivity contribution in [2.24, 2.45) is 5.41 Å². The highest BCUT2D eigenvalue weighted by molar-refractivity contribution is 5.93. The number of hydrogen-bond donors (Lipinski definition) is 2. The molecule has 7 rings (SSSR count). The molecule has 2 saturated heterocycles. The summed E-state index contributed by atoms with van der Waals surface area (Å²) in [7, 11) is 1.53. The number of hydrogen-bond acceptors (Lipinski definition) is 9. The number of ether oxygens (including phenoxy) is 3. The smallest absolute Gasteiger partial charge is 0.408 e. The predicted octanol–water partition coefficient (Wildman–Crippen LogP) is 5.89. The van der Waals surface area contributed by atoms with Gasteiger partial charge in [0.05, 0.1) is 24.1 Å². The van der Waals surface area contributed by atoms with Gasteiger partial charge in [-0.15, -0.1) is 0 Å². The lowest BCUT2D eigenvalue weighted by Crippen LogP contribution is -2.63. The molecule has 2 fully saturated rings. The Kier molecular flexibility index (Phi) is 11.1. The summed E-state index contributed by atoms with van der Waals surface area (Å²) in [6.45, 7) is 11.2. The SMILES string of the molecule is CO[C@@H](C)c1ncccc1-c1c2c3cc(ccc3n1CC(F)(F)F)C1CN(C1)C[C@H](NC(=O)OC(C)(C)C)C(=O)N1CCC[C@H](N1)C(=O)OCC(C)(C)C2. The van der Waals surface area contributed by atoms with E-state index >= 15 is 0 Å². The van der Waals surface area contributed by atoms with Crippen molar-refractivity contribution in [1.29, 1.82) is 0 Å². The lowest BCUT2D eigenvalue weighted by molar-refractivity contribution is -0.155. The summed E-state index contributed by atoms with van der Waals surface area (Å²) in [5.41, 5.74) is 5.04. The van der Waals surface area contributed by atoms with Crippen LogP contribution < -0.4 is 10.7 Å². The van der Waals surface area contributed by atoms with Crippen molar-refractivity contribution in [3.05, 3.63) is 53.3 Å². The number of methoxy groups -OCH3 is 1. The Bertz CT molecular complexity index is 1880. The quantitative estimate of drug-likeness (QED) is 0.307. The lowest BCUT2D eigenvalue weighted by atomic mass is 9.83. The summed E-state index contributed by atoms with van der Waals surface area (Å²) in [6.07, 6.45) is -2.91. The second-order valence-electron chi connectivity index (χ2n) is 16.5. The molecule has 0 saturated carbocycles. The number of pyridine rings is 1. The van der Waals surface area contributed by atoms with E-state index in [4.69, 9.17) is 14.2 Å². The summed E-state index contributed by atoms with van der Waals surface area (Å²) in [6, 6.07) is 7.31. The first-order valence-corrected chi connectivity index (χ1v) is 18.5. The zero-order valence-electron chi connectivity index (χ0n) is 32.0. The van der Waals surface area contributed by atoms with E-state index in [0.717, 1.165) is 5.56 Å². The van der Waals surface area contributed by atoms with Crippen LogP contribution in [-0.2, 0) is 36.8 Å². The van der Waals surface area contributed by atoms with Crippen LogP contribution >= 0.6 is 0 Å². The molecule has 2 amide bonds. The van der Waals surface area contributed by atoms with Gasteiger partial charge in [-0.2, -0.15) is 13.2 Å². The Labute approximate surface area is 313 Å². The number of nitrogens with zero attached hydrogens (tertiary/aromatic N) is 4. The molecule has 4 aliphatic heterocycles. The third-order valence-electron chi connectivity index (χ3n) is 10.2. The van der Waals surface area contributed by atoms with Crippen molar-refractivity contribution in [2.75, 3.05) is 39.9 Å². The van der Waals surface area contributed by atoms with E-state index in [1.165, 1.54) is 16.7 Å². The number of alkyl halides is 3. The van der Waals surface area contributed by atoms with Gasteiger partial charge in [-0.3, -0.25) is 24.5 Å². The van der Waals surface area contributed by atoms with Crippen LogP contribution in [0.25, 0.3) is 22.2 Å². The van der Waals surface area contributed by atoms with Gasteiger partial charge >= 0.3 is 18.2 Å². The molecule has 12 nitrogen and oxygen atoms in total. The van der Waals surface area contributed by atoms with Crippen LogP contribution in [0.2, 0.25) is 0 Å². The third-order valence-corrected chi connectivity index (χ3v) is 10.2. The van der Waals surface area contributed by atoms with Crippen LogP contribution in [0.1, 0.15) is 83.2 Å². The number of halogens is 3. The van der Waals surface area contributed by atoms with E-state index in [9.17, 15) is 27.6 Å². The molecule has 54 heavy (non-hydrogen) atoms. The number of carbonyl (C=O) groups excluding carboxylic acids is 3. The molecule has 3 aromatic rings. The fourth-order valence-corrected chi connectivity index (χ4v) is 7.60. The van der Waals surface area contributed by atoms with Crippen LogP contribution in [0, 0.1) is 5.41 Å². The molecule has 2 aromatic heterocycles. The van der Waals surface area contributed by atoms with Crippen molar-refractivity contribution >= 4 is 28.9 Å². The molecule has 4 aliphatic rings. The Hall–Kier alpha value is -4.21. The first-order valence-electron chi connectivity index (χ1n) is 18.5. The molecular formula is C39H51F3N6O6. The highest BCUT2D eigenvalue weighted by Gasteiger charge is 2.40. The summed E-state index contributed by atoms with van der Waals surface area (Å²) in [5.74, 6) is -0.915. The maximum Gasteiger partial charge on any atom is 0.408 e. The van der Waals surface area contributed by atoms with Crippen LogP contribution in [-0.4, -0.2) is 101 Å². The van der Waals surface area contributed by atoms with E-state index < -0.39 is 59.9 Å². The molecule has 2 N–H and O–H groups in total. The fourth-order valence-electron chi connectivity index (χ4n) is 7.60. The second-order valence-corrected chi connectivity index (χ2v) is 16.5. The first kappa shape index (κ1) is 39.5. The lowest BCUT2D eigenvalue weighted by Gasteiger charge is -2.42. The van der Waals surface area contributed by atoms with Crippen molar-refractivity contribution in [2.45, 2.75) is 103 Å². The van der Waals surface area contributed by atoms with Crippen LogP contribution in [0.5, 0.6) is 0 Å². The Morgan fingerprint density at radius 3 is 2.57 bits per heavy atom. The standard InChI is InChI=1S/C39H51F3N6O6/c1-23(52-7)32-26(10-8-14-43-32)33-28-17-38(5,6)22-53-35(50)29-11-9-15-48(45-29)34(49)30(44-36(51)54-37(2,3)4)20-46-18-25(19-46)24-12-13-31(27(28)16-24)47(33)21-39(40,41)42/h8,10,12-14,16,23,25,29-30,45H,9,11,15,17-22H2,1-7H3,(H,44,51)/t23-,29-,30-/m0/s1. The number of nitrogens with one attached hydrogen (secondary N) is 2. The monoisotopic (exact) mass is 756 g/mol. The van der Waals surface area contributed by atoms with E-state index in [-0.39, 0.29) is 25.5 Å². The number of hydrazine groups is 1. The van der Waals surface area contributed by atoms with Gasteiger partial charge < -0.3 is 24.1 Å². The molecule has 0 aliphatic carbocycles. The van der Waals surface area contributed by atoms with E-state index in [2.05, 4.69) is 15.7 Å². The van der Waals surface area contributed by atoms with Crippen molar-refractivity contribution in [3.8, 4) is 11.3 Å². The topological polar surface area (TPSA) is 127 Å². The van der Waals surface area contributed by atoms with Gasteiger partial charge in [-0.25, -0.2) is 10.2 Å². The van der Waals surface area contributed by atoms with Gasteiger partial charge in [0.25, 0.3) is 5.91 Å². The van der Waals surface area contributed by atoms with Crippen LogP contribution in [0.3, 0.4) is 0 Å². The molecule has 3 atom stereocenters. The number of amides is 2. The molecule has 1 aromatic carbocycles. The molecule has 0 radical (unpaired) electrons. The molecule has 15 heteroatoms. The average molecular weight is 757 g/mol. The van der Waals surface area contributed by atoms with Crippen molar-refractivity contribution < 1.29 is 41.8 Å². The minimum atomic E-state index is -4.53.